The van der Waals surface area contributed by atoms with E-state index in [4.69, 9.17) is 9.47 Å². The summed E-state index contributed by atoms with van der Waals surface area (Å²) in [7, 11) is 0. The van der Waals surface area contributed by atoms with Crippen LogP contribution in [-0.2, 0) is 13.0 Å². The number of hydrogen-bond donors (Lipinski definition) is 2. The third-order valence-electron chi connectivity index (χ3n) is 3.73. The highest BCUT2D eigenvalue weighted by Crippen LogP contribution is 2.30. The van der Waals surface area contributed by atoms with Crippen molar-refractivity contribution in [1.29, 1.82) is 0 Å². The van der Waals surface area contributed by atoms with Gasteiger partial charge in [0.05, 0.1) is 6.33 Å². The molecule has 3 rings (SSSR count). The average molecular weight is 330 g/mol. The van der Waals surface area contributed by atoms with Crippen LogP contribution in [-0.4, -0.2) is 41.4 Å². The number of aromatic nitrogens is 2. The van der Waals surface area contributed by atoms with Crippen LogP contribution in [0.2, 0.25) is 0 Å². The first-order valence-electron chi connectivity index (χ1n) is 8.09. The van der Waals surface area contributed by atoms with Gasteiger partial charge in [0.1, 0.15) is 13.2 Å². The van der Waals surface area contributed by atoms with Gasteiger partial charge in [0.2, 0.25) is 0 Å². The number of urea groups is 1. The van der Waals surface area contributed by atoms with E-state index < -0.39 is 0 Å². The number of nitrogens with one attached hydrogen (secondary N) is 2. The summed E-state index contributed by atoms with van der Waals surface area (Å²) in [5.41, 5.74) is 1.10. The summed E-state index contributed by atoms with van der Waals surface area (Å²) < 4.78 is 13.0. The minimum Gasteiger partial charge on any atom is -0.486 e. The Kier molecular flexibility index (Phi) is 5.20. The number of carbonyl (C=O) groups excluding carboxylic acids is 1. The van der Waals surface area contributed by atoms with Crippen LogP contribution in [0, 0.1) is 0 Å². The van der Waals surface area contributed by atoms with E-state index in [0.717, 1.165) is 23.5 Å². The van der Waals surface area contributed by atoms with Gasteiger partial charge in [-0.15, -0.1) is 0 Å². The van der Waals surface area contributed by atoms with Crippen LogP contribution in [0.15, 0.2) is 36.9 Å². The van der Waals surface area contributed by atoms with Gasteiger partial charge in [0.25, 0.3) is 0 Å². The van der Waals surface area contributed by atoms with Crippen LogP contribution < -0.4 is 20.1 Å². The van der Waals surface area contributed by atoms with Gasteiger partial charge in [-0.3, -0.25) is 0 Å². The molecule has 0 bridgehead atoms. The summed E-state index contributed by atoms with van der Waals surface area (Å²) in [6.07, 6.45) is 6.07. The van der Waals surface area contributed by atoms with Gasteiger partial charge in [0, 0.05) is 31.5 Å². The molecule has 1 aromatic heterocycles. The zero-order valence-corrected chi connectivity index (χ0v) is 13.7. The van der Waals surface area contributed by atoms with Crippen LogP contribution in [0.4, 0.5) is 4.79 Å². The van der Waals surface area contributed by atoms with Crippen LogP contribution in [0.25, 0.3) is 0 Å². The first-order chi connectivity index (χ1) is 11.7. The largest absolute Gasteiger partial charge is 0.486 e. The maximum atomic E-state index is 11.9. The van der Waals surface area contributed by atoms with Crippen molar-refractivity contribution >= 4 is 6.03 Å². The van der Waals surface area contributed by atoms with E-state index in [-0.39, 0.29) is 12.1 Å². The van der Waals surface area contributed by atoms with Crippen molar-refractivity contribution in [1.82, 2.24) is 20.2 Å². The van der Waals surface area contributed by atoms with Crippen molar-refractivity contribution in [3.8, 4) is 11.5 Å². The molecule has 0 fully saturated rings. The summed E-state index contributed by atoms with van der Waals surface area (Å²) in [6.45, 7) is 4.37. The lowest BCUT2D eigenvalue weighted by Gasteiger charge is -2.19. The smallest absolute Gasteiger partial charge is 0.315 e. The van der Waals surface area contributed by atoms with Gasteiger partial charge in [0.15, 0.2) is 11.5 Å². The summed E-state index contributed by atoms with van der Waals surface area (Å²) >= 11 is 0. The maximum absolute atomic E-state index is 11.9. The zero-order chi connectivity index (χ0) is 16.8. The van der Waals surface area contributed by atoms with Crippen molar-refractivity contribution in [2.75, 3.05) is 19.8 Å². The van der Waals surface area contributed by atoms with Gasteiger partial charge in [-0.2, -0.15) is 0 Å². The predicted octanol–water partition coefficient (Wildman–Crippen LogP) is 1.58. The SMILES string of the molecule is C[C@H](Cn1ccnc1)NC(=O)NCCc1ccc2c(c1)OCCO2. The fourth-order valence-corrected chi connectivity index (χ4v) is 2.60. The van der Waals surface area contributed by atoms with Gasteiger partial charge >= 0.3 is 6.03 Å². The molecule has 0 saturated carbocycles. The van der Waals surface area contributed by atoms with E-state index in [0.29, 0.717) is 26.3 Å². The zero-order valence-electron chi connectivity index (χ0n) is 13.7. The third-order valence-corrected chi connectivity index (χ3v) is 3.73. The lowest BCUT2D eigenvalue weighted by Crippen LogP contribution is -2.43. The van der Waals surface area contributed by atoms with E-state index >= 15 is 0 Å². The highest BCUT2D eigenvalue weighted by molar-refractivity contribution is 5.74. The standard InChI is InChI=1S/C17H22N4O3/c1-13(11-21-7-6-18-12-21)20-17(22)19-5-4-14-2-3-15-16(10-14)24-9-8-23-15/h2-3,6-7,10,12-13H,4-5,8-9,11H2,1H3,(H2,19,20,22)/t13-/m1/s1. The van der Waals surface area contributed by atoms with Crippen molar-refractivity contribution in [3.05, 3.63) is 42.5 Å². The molecular weight excluding hydrogens is 308 g/mol. The molecule has 2 N–H and O–H groups in total. The Labute approximate surface area is 141 Å². The lowest BCUT2D eigenvalue weighted by molar-refractivity contribution is 0.171. The molecule has 24 heavy (non-hydrogen) atoms. The lowest BCUT2D eigenvalue weighted by atomic mass is 10.1. The Hall–Kier alpha value is -2.70. The van der Waals surface area contributed by atoms with Gasteiger partial charge < -0.3 is 24.7 Å². The summed E-state index contributed by atoms with van der Waals surface area (Å²) in [4.78, 5) is 15.9. The van der Waals surface area contributed by atoms with Crippen LogP contribution in [0.5, 0.6) is 11.5 Å². The van der Waals surface area contributed by atoms with Gasteiger partial charge in [-0.1, -0.05) is 6.07 Å². The Morgan fingerprint density at radius 3 is 2.96 bits per heavy atom. The molecule has 2 aromatic rings. The number of nitrogens with zero attached hydrogens (tertiary/aromatic N) is 2. The van der Waals surface area contributed by atoms with Crippen LogP contribution in [0.3, 0.4) is 0 Å². The van der Waals surface area contributed by atoms with Crippen molar-refractivity contribution in [3.63, 3.8) is 0 Å². The molecular formula is C17H22N4O3. The summed E-state index contributed by atoms with van der Waals surface area (Å²) in [6, 6.07) is 5.73. The number of benzene rings is 1. The Balaban J connectivity index is 1.40. The van der Waals surface area contributed by atoms with Crippen molar-refractivity contribution < 1.29 is 14.3 Å². The molecule has 1 aromatic carbocycles. The van der Waals surface area contributed by atoms with Crippen LogP contribution >= 0.6 is 0 Å². The molecule has 7 heteroatoms. The maximum Gasteiger partial charge on any atom is 0.315 e. The predicted molar refractivity (Wildman–Crippen MR) is 89.4 cm³/mol. The van der Waals surface area contributed by atoms with Gasteiger partial charge in [-0.05, 0) is 31.0 Å². The Morgan fingerprint density at radius 1 is 1.33 bits per heavy atom. The molecule has 0 radical (unpaired) electrons. The van der Waals surface area contributed by atoms with Gasteiger partial charge in [-0.25, -0.2) is 9.78 Å². The topological polar surface area (TPSA) is 77.4 Å². The van der Waals surface area contributed by atoms with E-state index in [9.17, 15) is 4.79 Å². The highest BCUT2D eigenvalue weighted by atomic mass is 16.6. The fraction of sp³-hybridized carbons (Fsp3) is 0.412. The fourth-order valence-electron chi connectivity index (χ4n) is 2.60. The minimum atomic E-state index is -0.167. The van der Waals surface area contributed by atoms with E-state index in [1.807, 2.05) is 35.9 Å². The monoisotopic (exact) mass is 330 g/mol. The number of rotatable bonds is 6. The molecule has 0 saturated heterocycles. The first kappa shape index (κ1) is 16.2. The normalized spacial score (nSPS) is 14.0. The number of imidazole rings is 1. The second kappa shape index (κ2) is 7.72. The molecule has 0 unspecified atom stereocenters. The highest BCUT2D eigenvalue weighted by Gasteiger charge is 2.12. The van der Waals surface area contributed by atoms with Crippen molar-refractivity contribution in [2.45, 2.75) is 25.9 Å². The van der Waals surface area contributed by atoms with Crippen molar-refractivity contribution in [2.24, 2.45) is 0 Å². The number of hydrogen-bond acceptors (Lipinski definition) is 4. The first-order valence-corrected chi connectivity index (χ1v) is 8.09. The van der Waals surface area contributed by atoms with Crippen LogP contribution in [0.1, 0.15) is 12.5 Å². The second-order valence-corrected chi connectivity index (χ2v) is 5.79. The molecule has 7 nitrogen and oxygen atoms in total. The molecule has 2 amide bonds. The molecule has 0 aliphatic carbocycles. The molecule has 128 valence electrons. The number of ether oxygens (including phenoxy) is 2. The molecule has 1 aliphatic heterocycles. The average Bonchev–Trinajstić information content (AvgIpc) is 3.07. The minimum absolute atomic E-state index is 0.0218. The third kappa shape index (κ3) is 4.41. The Morgan fingerprint density at radius 2 is 2.17 bits per heavy atom. The summed E-state index contributed by atoms with van der Waals surface area (Å²) in [5, 5.41) is 5.79. The second-order valence-electron chi connectivity index (χ2n) is 5.79. The summed E-state index contributed by atoms with van der Waals surface area (Å²) in [5.74, 6) is 1.56. The van der Waals surface area contributed by atoms with E-state index in [1.54, 1.807) is 12.5 Å². The Bertz CT molecular complexity index is 672. The van der Waals surface area contributed by atoms with E-state index in [2.05, 4.69) is 15.6 Å². The molecule has 1 atom stereocenters. The number of carbonyl (C=O) groups is 1. The molecule has 1 aliphatic rings. The quantitative estimate of drug-likeness (QED) is 0.843. The number of fused-ring (bicyclic) bond motifs is 1. The molecule has 2 heterocycles. The number of amides is 2. The molecule has 0 spiro atoms. The van der Waals surface area contributed by atoms with E-state index in [1.165, 1.54) is 0 Å².